The van der Waals surface area contributed by atoms with Crippen LogP contribution in [0.15, 0.2) is 78.9 Å². The van der Waals surface area contributed by atoms with Crippen LogP contribution in [0.4, 0.5) is 5.69 Å². The van der Waals surface area contributed by atoms with Gasteiger partial charge in [0.2, 0.25) is 0 Å². The number of hydrogen-bond acceptors (Lipinski definition) is 4. The molecule has 148 valence electrons. The third-order valence-corrected chi connectivity index (χ3v) is 4.13. The van der Waals surface area contributed by atoms with Crippen LogP contribution >= 0.6 is 0 Å². The fourth-order valence-corrected chi connectivity index (χ4v) is 2.64. The SMILES string of the molecule is COc1ccc(OCC(=O)Nc2cccc(C(=O)NCc3ccccc3)c2)cc1. The zero-order valence-corrected chi connectivity index (χ0v) is 16.1. The van der Waals surface area contributed by atoms with Crippen molar-refractivity contribution < 1.29 is 19.1 Å². The van der Waals surface area contributed by atoms with Crippen molar-refractivity contribution in [3.63, 3.8) is 0 Å². The van der Waals surface area contributed by atoms with Gasteiger partial charge in [0, 0.05) is 17.8 Å². The van der Waals surface area contributed by atoms with E-state index in [1.54, 1.807) is 55.6 Å². The Morgan fingerprint density at radius 1 is 0.862 bits per heavy atom. The van der Waals surface area contributed by atoms with Crippen LogP contribution in [-0.4, -0.2) is 25.5 Å². The molecule has 3 aromatic rings. The van der Waals surface area contributed by atoms with Gasteiger partial charge < -0.3 is 20.1 Å². The van der Waals surface area contributed by atoms with Gasteiger partial charge >= 0.3 is 0 Å². The second-order valence-corrected chi connectivity index (χ2v) is 6.26. The Kier molecular flexibility index (Phi) is 6.84. The number of anilines is 1. The first-order chi connectivity index (χ1) is 14.1. The highest BCUT2D eigenvalue weighted by Crippen LogP contribution is 2.17. The second kappa shape index (κ2) is 9.94. The topological polar surface area (TPSA) is 76.7 Å². The zero-order chi connectivity index (χ0) is 20.5. The molecule has 3 aromatic carbocycles. The van der Waals surface area contributed by atoms with Gasteiger partial charge in [-0.05, 0) is 48.0 Å². The quantitative estimate of drug-likeness (QED) is 0.616. The summed E-state index contributed by atoms with van der Waals surface area (Å²) in [6.07, 6.45) is 0. The lowest BCUT2D eigenvalue weighted by molar-refractivity contribution is -0.118. The minimum Gasteiger partial charge on any atom is -0.497 e. The van der Waals surface area contributed by atoms with Gasteiger partial charge in [-0.1, -0.05) is 36.4 Å². The summed E-state index contributed by atoms with van der Waals surface area (Å²) in [5.41, 5.74) is 2.01. The normalized spacial score (nSPS) is 10.1. The molecule has 0 unspecified atom stereocenters. The molecule has 0 saturated heterocycles. The van der Waals surface area contributed by atoms with E-state index < -0.39 is 0 Å². The number of rotatable bonds is 8. The summed E-state index contributed by atoms with van der Waals surface area (Å²) < 4.78 is 10.5. The molecular weight excluding hydrogens is 368 g/mol. The third-order valence-electron chi connectivity index (χ3n) is 4.13. The van der Waals surface area contributed by atoms with E-state index >= 15 is 0 Å². The number of ether oxygens (including phenoxy) is 2. The summed E-state index contributed by atoms with van der Waals surface area (Å²) in [4.78, 5) is 24.5. The van der Waals surface area contributed by atoms with Crippen molar-refractivity contribution in [2.75, 3.05) is 19.0 Å². The first kappa shape index (κ1) is 19.9. The number of hydrogen-bond donors (Lipinski definition) is 2. The number of carbonyl (C=O) groups is 2. The van der Waals surface area contributed by atoms with E-state index in [9.17, 15) is 9.59 Å². The molecular formula is C23H22N2O4. The van der Waals surface area contributed by atoms with Crippen LogP contribution in [0, 0.1) is 0 Å². The zero-order valence-electron chi connectivity index (χ0n) is 16.1. The molecule has 0 aliphatic rings. The highest BCUT2D eigenvalue weighted by atomic mass is 16.5. The molecule has 29 heavy (non-hydrogen) atoms. The number of carbonyl (C=O) groups excluding carboxylic acids is 2. The van der Waals surface area contributed by atoms with Crippen molar-refractivity contribution in [3.05, 3.63) is 90.0 Å². The molecule has 6 nitrogen and oxygen atoms in total. The Bertz CT molecular complexity index is 956. The fraction of sp³-hybridized carbons (Fsp3) is 0.130. The van der Waals surface area contributed by atoms with Gasteiger partial charge in [-0.25, -0.2) is 0 Å². The van der Waals surface area contributed by atoms with Gasteiger partial charge in [0.25, 0.3) is 11.8 Å². The summed E-state index contributed by atoms with van der Waals surface area (Å²) in [5.74, 6) is 0.751. The largest absolute Gasteiger partial charge is 0.497 e. The molecule has 0 bridgehead atoms. The monoisotopic (exact) mass is 390 g/mol. The summed E-state index contributed by atoms with van der Waals surface area (Å²) in [5, 5.41) is 5.60. The lowest BCUT2D eigenvalue weighted by Gasteiger charge is -2.10. The molecule has 0 radical (unpaired) electrons. The first-order valence-corrected chi connectivity index (χ1v) is 9.13. The van der Waals surface area contributed by atoms with Crippen LogP contribution in [0.25, 0.3) is 0 Å². The third kappa shape index (κ3) is 6.10. The summed E-state index contributed by atoms with van der Waals surface area (Å²) in [6, 6.07) is 23.4. The van der Waals surface area contributed by atoms with Crippen molar-refractivity contribution in [2.45, 2.75) is 6.54 Å². The minimum atomic E-state index is -0.317. The van der Waals surface area contributed by atoms with Crippen LogP contribution in [0.5, 0.6) is 11.5 Å². The molecule has 6 heteroatoms. The van der Waals surface area contributed by atoms with E-state index in [-0.39, 0.29) is 18.4 Å². The molecule has 0 atom stereocenters. The van der Waals surface area contributed by atoms with Crippen molar-refractivity contribution in [3.8, 4) is 11.5 Å². The first-order valence-electron chi connectivity index (χ1n) is 9.13. The van der Waals surface area contributed by atoms with Gasteiger partial charge in [-0.3, -0.25) is 9.59 Å². The summed E-state index contributed by atoms with van der Waals surface area (Å²) >= 11 is 0. The summed E-state index contributed by atoms with van der Waals surface area (Å²) in [7, 11) is 1.58. The molecule has 0 aliphatic carbocycles. The lowest BCUT2D eigenvalue weighted by Crippen LogP contribution is -2.23. The minimum absolute atomic E-state index is 0.142. The molecule has 0 fully saturated rings. The van der Waals surface area contributed by atoms with E-state index in [1.807, 2.05) is 30.3 Å². The van der Waals surface area contributed by atoms with Crippen LogP contribution in [-0.2, 0) is 11.3 Å². The Labute approximate surface area is 169 Å². The molecule has 0 saturated carbocycles. The maximum atomic E-state index is 12.4. The van der Waals surface area contributed by atoms with Crippen molar-refractivity contribution in [1.29, 1.82) is 0 Å². The molecule has 0 aromatic heterocycles. The number of amides is 2. The van der Waals surface area contributed by atoms with Crippen LogP contribution in [0.2, 0.25) is 0 Å². The molecule has 0 aliphatic heterocycles. The van der Waals surface area contributed by atoms with E-state index in [1.165, 1.54) is 0 Å². The van der Waals surface area contributed by atoms with Gasteiger partial charge in [0.15, 0.2) is 6.61 Å². The molecule has 2 amide bonds. The Morgan fingerprint density at radius 3 is 2.31 bits per heavy atom. The molecule has 3 rings (SSSR count). The van der Waals surface area contributed by atoms with Crippen molar-refractivity contribution in [2.24, 2.45) is 0 Å². The Morgan fingerprint density at radius 2 is 1.59 bits per heavy atom. The van der Waals surface area contributed by atoms with Crippen LogP contribution in [0.1, 0.15) is 15.9 Å². The summed E-state index contributed by atoms with van der Waals surface area (Å²) in [6.45, 7) is 0.294. The molecule has 0 heterocycles. The predicted octanol–water partition coefficient (Wildman–Crippen LogP) is 3.64. The number of methoxy groups -OCH3 is 1. The fourth-order valence-electron chi connectivity index (χ4n) is 2.64. The predicted molar refractivity (Wildman–Crippen MR) is 111 cm³/mol. The molecule has 0 spiro atoms. The highest BCUT2D eigenvalue weighted by Gasteiger charge is 2.09. The Hall–Kier alpha value is -3.80. The van der Waals surface area contributed by atoms with Crippen LogP contribution < -0.4 is 20.1 Å². The van der Waals surface area contributed by atoms with E-state index in [2.05, 4.69) is 10.6 Å². The van der Waals surface area contributed by atoms with Crippen molar-refractivity contribution in [1.82, 2.24) is 5.32 Å². The molecule has 2 N–H and O–H groups in total. The standard InChI is InChI=1S/C23H22N2O4/c1-28-20-10-12-21(13-11-20)29-16-22(26)25-19-9-5-8-18(14-19)23(27)24-15-17-6-3-2-4-7-17/h2-14H,15-16H2,1H3,(H,24,27)(H,25,26). The maximum absolute atomic E-state index is 12.4. The lowest BCUT2D eigenvalue weighted by atomic mass is 10.1. The van der Waals surface area contributed by atoms with Gasteiger partial charge in [-0.2, -0.15) is 0 Å². The average molecular weight is 390 g/mol. The van der Waals surface area contributed by atoms with Gasteiger partial charge in [-0.15, -0.1) is 0 Å². The Balaban J connectivity index is 1.51. The van der Waals surface area contributed by atoms with E-state index in [4.69, 9.17) is 9.47 Å². The average Bonchev–Trinajstić information content (AvgIpc) is 2.77. The van der Waals surface area contributed by atoms with E-state index in [0.29, 0.717) is 29.3 Å². The highest BCUT2D eigenvalue weighted by molar-refractivity contribution is 5.97. The smallest absolute Gasteiger partial charge is 0.262 e. The number of nitrogens with one attached hydrogen (secondary N) is 2. The van der Waals surface area contributed by atoms with Gasteiger partial charge in [0.1, 0.15) is 11.5 Å². The number of benzene rings is 3. The van der Waals surface area contributed by atoms with Crippen LogP contribution in [0.3, 0.4) is 0 Å². The van der Waals surface area contributed by atoms with E-state index in [0.717, 1.165) is 5.56 Å². The second-order valence-electron chi connectivity index (χ2n) is 6.26. The maximum Gasteiger partial charge on any atom is 0.262 e. The van der Waals surface area contributed by atoms with Gasteiger partial charge in [0.05, 0.1) is 7.11 Å². The van der Waals surface area contributed by atoms with Crippen molar-refractivity contribution >= 4 is 17.5 Å².